The molecule has 0 bridgehead atoms. The van der Waals surface area contributed by atoms with Crippen molar-refractivity contribution in [3.8, 4) is 0 Å². The molecule has 0 spiro atoms. The minimum atomic E-state index is 0.343. The summed E-state index contributed by atoms with van der Waals surface area (Å²) in [4.78, 5) is 4.26. The van der Waals surface area contributed by atoms with Gasteiger partial charge in [0.2, 0.25) is 0 Å². The Kier molecular flexibility index (Phi) is 3.16. The standard InChI is InChI=1S/C10H16N2O2/c11-4-3-9-6-12-10(14-9)8-2-1-5-13-7-8/h6,8H,1-5,7,11H2. The lowest BCUT2D eigenvalue weighted by molar-refractivity contribution is 0.0722. The molecule has 1 aromatic heterocycles. The second-order valence-electron chi connectivity index (χ2n) is 3.62. The zero-order valence-corrected chi connectivity index (χ0v) is 8.24. The fraction of sp³-hybridized carbons (Fsp3) is 0.700. The molecule has 1 aromatic rings. The number of hydrogen-bond donors (Lipinski definition) is 1. The van der Waals surface area contributed by atoms with Crippen LogP contribution in [0.2, 0.25) is 0 Å². The van der Waals surface area contributed by atoms with E-state index in [1.165, 1.54) is 0 Å². The maximum Gasteiger partial charge on any atom is 0.199 e. The van der Waals surface area contributed by atoms with Crippen molar-refractivity contribution in [3.63, 3.8) is 0 Å². The zero-order valence-electron chi connectivity index (χ0n) is 8.24. The Morgan fingerprint density at radius 1 is 1.57 bits per heavy atom. The van der Waals surface area contributed by atoms with Crippen molar-refractivity contribution < 1.29 is 9.15 Å². The van der Waals surface area contributed by atoms with Crippen LogP contribution < -0.4 is 5.73 Å². The maximum atomic E-state index is 5.59. The topological polar surface area (TPSA) is 61.3 Å². The normalized spacial score (nSPS) is 22.5. The van der Waals surface area contributed by atoms with Crippen LogP contribution in [0.5, 0.6) is 0 Å². The van der Waals surface area contributed by atoms with Gasteiger partial charge >= 0.3 is 0 Å². The molecule has 1 fully saturated rings. The van der Waals surface area contributed by atoms with E-state index < -0.39 is 0 Å². The van der Waals surface area contributed by atoms with Gasteiger partial charge in [-0.3, -0.25) is 0 Å². The summed E-state index contributed by atoms with van der Waals surface area (Å²) in [6.45, 7) is 2.21. The van der Waals surface area contributed by atoms with Crippen molar-refractivity contribution >= 4 is 0 Å². The molecule has 1 aliphatic heterocycles. The van der Waals surface area contributed by atoms with E-state index in [1.807, 2.05) is 0 Å². The third-order valence-corrected chi connectivity index (χ3v) is 2.47. The van der Waals surface area contributed by atoms with Crippen molar-refractivity contribution in [2.45, 2.75) is 25.2 Å². The third kappa shape index (κ3) is 2.13. The Balaban J connectivity index is 2.00. The molecule has 1 unspecified atom stereocenters. The van der Waals surface area contributed by atoms with Crippen molar-refractivity contribution in [2.24, 2.45) is 5.73 Å². The lowest BCUT2D eigenvalue weighted by atomic mass is 10.0. The SMILES string of the molecule is NCCc1cnc(C2CCCOC2)o1. The van der Waals surface area contributed by atoms with Crippen LogP contribution in [0.15, 0.2) is 10.6 Å². The van der Waals surface area contributed by atoms with E-state index in [0.29, 0.717) is 12.5 Å². The first kappa shape index (κ1) is 9.68. The highest BCUT2D eigenvalue weighted by Gasteiger charge is 2.20. The Morgan fingerprint density at radius 2 is 2.50 bits per heavy atom. The number of oxazole rings is 1. The van der Waals surface area contributed by atoms with Crippen LogP contribution in [0.4, 0.5) is 0 Å². The van der Waals surface area contributed by atoms with Gasteiger partial charge in [-0.2, -0.15) is 0 Å². The van der Waals surface area contributed by atoms with Gasteiger partial charge in [0.05, 0.1) is 18.7 Å². The van der Waals surface area contributed by atoms with Crippen LogP contribution in [0.3, 0.4) is 0 Å². The number of nitrogens with zero attached hydrogens (tertiary/aromatic N) is 1. The van der Waals surface area contributed by atoms with Crippen LogP contribution in [-0.4, -0.2) is 24.7 Å². The van der Waals surface area contributed by atoms with Gasteiger partial charge in [0, 0.05) is 13.0 Å². The van der Waals surface area contributed by atoms with Crippen molar-refractivity contribution in [2.75, 3.05) is 19.8 Å². The van der Waals surface area contributed by atoms with Crippen molar-refractivity contribution in [1.82, 2.24) is 4.98 Å². The summed E-state index contributed by atoms with van der Waals surface area (Å²) in [7, 11) is 0. The molecular formula is C10H16N2O2. The van der Waals surface area contributed by atoms with Gasteiger partial charge in [0.15, 0.2) is 5.89 Å². The summed E-state index contributed by atoms with van der Waals surface area (Å²) < 4.78 is 11.0. The summed E-state index contributed by atoms with van der Waals surface area (Å²) in [5, 5.41) is 0. The van der Waals surface area contributed by atoms with E-state index >= 15 is 0 Å². The van der Waals surface area contributed by atoms with Gasteiger partial charge in [-0.05, 0) is 19.4 Å². The molecule has 2 N–H and O–H groups in total. The van der Waals surface area contributed by atoms with E-state index in [1.54, 1.807) is 6.20 Å². The number of rotatable bonds is 3. The molecular weight excluding hydrogens is 180 g/mol. The van der Waals surface area contributed by atoms with Gasteiger partial charge in [-0.25, -0.2) is 4.98 Å². The minimum absolute atomic E-state index is 0.343. The summed E-state index contributed by atoms with van der Waals surface area (Å²) in [6.07, 6.45) is 4.75. The quantitative estimate of drug-likeness (QED) is 0.785. The molecule has 2 rings (SSSR count). The average molecular weight is 196 g/mol. The molecule has 0 saturated carbocycles. The summed E-state index contributed by atoms with van der Waals surface area (Å²) >= 11 is 0. The van der Waals surface area contributed by atoms with Crippen LogP contribution in [0.1, 0.15) is 30.4 Å². The van der Waals surface area contributed by atoms with E-state index in [0.717, 1.165) is 44.1 Å². The number of ether oxygens (including phenoxy) is 1. The molecule has 0 radical (unpaired) electrons. The molecule has 2 heterocycles. The highest BCUT2D eigenvalue weighted by molar-refractivity contribution is 5.00. The fourth-order valence-electron chi connectivity index (χ4n) is 1.70. The van der Waals surface area contributed by atoms with E-state index in [9.17, 15) is 0 Å². The van der Waals surface area contributed by atoms with Crippen LogP contribution in [-0.2, 0) is 11.2 Å². The molecule has 1 aliphatic rings. The molecule has 4 nitrogen and oxygen atoms in total. The predicted octanol–water partition coefficient (Wildman–Crippen LogP) is 1.07. The molecule has 1 saturated heterocycles. The monoisotopic (exact) mass is 196 g/mol. The van der Waals surface area contributed by atoms with Crippen LogP contribution >= 0.6 is 0 Å². The first-order chi connectivity index (χ1) is 6.90. The smallest absolute Gasteiger partial charge is 0.199 e. The lowest BCUT2D eigenvalue weighted by Gasteiger charge is -2.18. The first-order valence-corrected chi connectivity index (χ1v) is 5.12. The number of aromatic nitrogens is 1. The van der Waals surface area contributed by atoms with Crippen molar-refractivity contribution in [1.29, 1.82) is 0 Å². The van der Waals surface area contributed by atoms with Gasteiger partial charge in [0.25, 0.3) is 0 Å². The maximum absolute atomic E-state index is 5.59. The Hall–Kier alpha value is -0.870. The molecule has 14 heavy (non-hydrogen) atoms. The molecule has 4 heteroatoms. The van der Waals surface area contributed by atoms with Gasteiger partial charge in [-0.15, -0.1) is 0 Å². The minimum Gasteiger partial charge on any atom is -0.445 e. The van der Waals surface area contributed by atoms with Gasteiger partial charge in [-0.1, -0.05) is 0 Å². The molecule has 1 atom stereocenters. The average Bonchev–Trinajstić information content (AvgIpc) is 2.68. The Labute approximate surface area is 83.4 Å². The molecule has 78 valence electrons. The number of hydrogen-bond acceptors (Lipinski definition) is 4. The van der Waals surface area contributed by atoms with Gasteiger partial charge in [0.1, 0.15) is 5.76 Å². The largest absolute Gasteiger partial charge is 0.445 e. The zero-order chi connectivity index (χ0) is 9.80. The molecule has 0 aromatic carbocycles. The Bertz CT molecular complexity index is 279. The first-order valence-electron chi connectivity index (χ1n) is 5.12. The van der Waals surface area contributed by atoms with Crippen molar-refractivity contribution in [3.05, 3.63) is 17.8 Å². The second-order valence-corrected chi connectivity index (χ2v) is 3.62. The van der Waals surface area contributed by atoms with Gasteiger partial charge < -0.3 is 14.9 Å². The van der Waals surface area contributed by atoms with Crippen LogP contribution in [0.25, 0.3) is 0 Å². The van der Waals surface area contributed by atoms with E-state index in [2.05, 4.69) is 4.98 Å². The van der Waals surface area contributed by atoms with E-state index in [-0.39, 0.29) is 0 Å². The Morgan fingerprint density at radius 3 is 3.21 bits per heavy atom. The highest BCUT2D eigenvalue weighted by Crippen LogP contribution is 2.24. The fourth-order valence-corrected chi connectivity index (χ4v) is 1.70. The summed E-state index contributed by atoms with van der Waals surface area (Å²) in [5.41, 5.74) is 5.44. The third-order valence-electron chi connectivity index (χ3n) is 2.47. The highest BCUT2D eigenvalue weighted by atomic mass is 16.5. The number of nitrogens with two attached hydrogens (primary N) is 1. The second kappa shape index (κ2) is 4.57. The van der Waals surface area contributed by atoms with E-state index in [4.69, 9.17) is 14.9 Å². The lowest BCUT2D eigenvalue weighted by Crippen LogP contribution is -2.15. The summed E-state index contributed by atoms with van der Waals surface area (Å²) in [6, 6.07) is 0. The molecule has 0 aliphatic carbocycles. The van der Waals surface area contributed by atoms with Crippen LogP contribution in [0, 0.1) is 0 Å². The summed E-state index contributed by atoms with van der Waals surface area (Å²) in [5.74, 6) is 2.04. The predicted molar refractivity (Wildman–Crippen MR) is 52.1 cm³/mol. The molecule has 0 amide bonds.